The van der Waals surface area contributed by atoms with Gasteiger partial charge in [-0.3, -0.25) is 10.2 Å². The molecule has 2 N–H and O–H groups in total. The number of urea groups is 1. The predicted octanol–water partition coefficient (Wildman–Crippen LogP) is 2.00. The Morgan fingerprint density at radius 1 is 1.12 bits per heavy atom. The van der Waals surface area contributed by atoms with Crippen LogP contribution in [-0.4, -0.2) is 36.0 Å². The van der Waals surface area contributed by atoms with Crippen LogP contribution < -0.4 is 15.6 Å². The Morgan fingerprint density at radius 2 is 1.92 bits per heavy atom. The maximum Gasteiger partial charge on any atom is 0.336 e. The van der Waals surface area contributed by atoms with Crippen LogP contribution in [0.15, 0.2) is 24.3 Å². The zero-order valence-electron chi connectivity index (χ0n) is 13.7. The third kappa shape index (κ3) is 2.81. The number of nitrogens with zero attached hydrogens (tertiary/aromatic N) is 1. The lowest BCUT2D eigenvalue weighted by atomic mass is 9.86. The number of rotatable bonds is 1. The largest absolute Gasteiger partial charge is 0.480 e. The summed E-state index contributed by atoms with van der Waals surface area (Å²) < 4.78 is 5.63. The fourth-order valence-corrected chi connectivity index (χ4v) is 4.24. The lowest BCUT2D eigenvalue weighted by Gasteiger charge is -2.23. The smallest absolute Gasteiger partial charge is 0.336 e. The first kappa shape index (κ1) is 15.3. The van der Waals surface area contributed by atoms with Crippen LogP contribution in [0.1, 0.15) is 37.7 Å². The molecule has 1 saturated heterocycles. The lowest BCUT2D eigenvalue weighted by molar-refractivity contribution is -0.128. The van der Waals surface area contributed by atoms with Crippen molar-refractivity contribution in [3.63, 3.8) is 0 Å². The number of fused-ring (bicyclic) bond motifs is 1. The van der Waals surface area contributed by atoms with E-state index in [1.165, 1.54) is 25.7 Å². The molecule has 0 aromatic heterocycles. The summed E-state index contributed by atoms with van der Waals surface area (Å²) in [6.45, 7) is 1.58. The summed E-state index contributed by atoms with van der Waals surface area (Å²) in [7, 11) is 0. The van der Waals surface area contributed by atoms with Gasteiger partial charge < -0.3 is 9.64 Å². The Bertz CT molecular complexity index is 630. The highest BCUT2D eigenvalue weighted by molar-refractivity contribution is 5.85. The van der Waals surface area contributed by atoms with Crippen molar-refractivity contribution in [2.24, 2.45) is 5.41 Å². The second-order valence-electron chi connectivity index (χ2n) is 7.22. The highest BCUT2D eigenvalue weighted by Gasteiger charge is 2.41. The van der Waals surface area contributed by atoms with Gasteiger partial charge in [-0.15, -0.1) is 0 Å². The van der Waals surface area contributed by atoms with E-state index in [1.54, 1.807) is 0 Å². The van der Waals surface area contributed by atoms with Crippen molar-refractivity contribution in [1.82, 2.24) is 15.8 Å². The van der Waals surface area contributed by atoms with Crippen LogP contribution in [0.3, 0.4) is 0 Å². The summed E-state index contributed by atoms with van der Waals surface area (Å²) >= 11 is 0. The molecule has 2 aliphatic heterocycles. The van der Waals surface area contributed by atoms with Crippen LogP contribution in [-0.2, 0) is 11.2 Å². The average molecular weight is 329 g/mol. The number of nitrogens with one attached hydrogen (secondary N) is 2. The number of amides is 3. The number of benzene rings is 1. The third-order valence-corrected chi connectivity index (χ3v) is 5.62. The number of carbonyl (C=O) groups is 2. The molecule has 6 heteroatoms. The van der Waals surface area contributed by atoms with Gasteiger partial charge in [0.05, 0.1) is 0 Å². The highest BCUT2D eigenvalue weighted by Crippen LogP contribution is 2.45. The second-order valence-corrected chi connectivity index (χ2v) is 7.22. The molecular formula is C18H23N3O3. The molecule has 1 saturated carbocycles. The first-order chi connectivity index (χ1) is 11.7. The summed E-state index contributed by atoms with van der Waals surface area (Å²) in [5.74, 6) is 0.432. The van der Waals surface area contributed by atoms with E-state index >= 15 is 0 Å². The topological polar surface area (TPSA) is 70.7 Å². The van der Waals surface area contributed by atoms with Gasteiger partial charge in [-0.05, 0) is 36.3 Å². The van der Waals surface area contributed by atoms with E-state index in [1.807, 2.05) is 29.2 Å². The molecule has 1 aromatic rings. The number of hydrogen-bond acceptors (Lipinski definition) is 3. The van der Waals surface area contributed by atoms with Crippen molar-refractivity contribution in [3.05, 3.63) is 29.8 Å². The van der Waals surface area contributed by atoms with Gasteiger partial charge in [0.2, 0.25) is 0 Å². The van der Waals surface area contributed by atoms with Crippen LogP contribution in [0.5, 0.6) is 5.75 Å². The fraction of sp³-hybridized carbons (Fsp3) is 0.556. The molecule has 6 nitrogen and oxygen atoms in total. The Balaban J connectivity index is 1.27. The number of para-hydroxylation sites is 1. The molecule has 3 aliphatic rings. The first-order valence-corrected chi connectivity index (χ1v) is 8.75. The Kier molecular flexibility index (Phi) is 3.82. The Morgan fingerprint density at radius 3 is 2.71 bits per heavy atom. The molecule has 1 aromatic carbocycles. The minimum absolute atomic E-state index is 0.220. The van der Waals surface area contributed by atoms with Crippen molar-refractivity contribution in [2.75, 3.05) is 13.1 Å². The van der Waals surface area contributed by atoms with Crippen LogP contribution in [0, 0.1) is 5.41 Å². The minimum Gasteiger partial charge on any atom is -0.480 e. The van der Waals surface area contributed by atoms with E-state index in [4.69, 9.17) is 4.74 Å². The zero-order valence-corrected chi connectivity index (χ0v) is 13.7. The van der Waals surface area contributed by atoms with Gasteiger partial charge in [0, 0.05) is 19.5 Å². The molecule has 2 heterocycles. The molecule has 2 fully saturated rings. The van der Waals surface area contributed by atoms with Crippen LogP contribution in [0.4, 0.5) is 4.79 Å². The SMILES string of the molecule is O=C(NNC(=O)N1CCC2(CCCC2)C1)[C@H]1Cc2ccccc2O1. The van der Waals surface area contributed by atoms with Gasteiger partial charge in [0.1, 0.15) is 5.75 Å². The average Bonchev–Trinajstić information content (AvgIpc) is 3.32. The number of hydrogen-bond donors (Lipinski definition) is 2. The molecule has 1 atom stereocenters. The van der Waals surface area contributed by atoms with Crippen molar-refractivity contribution in [3.8, 4) is 5.75 Å². The van der Waals surface area contributed by atoms with Crippen LogP contribution in [0.2, 0.25) is 0 Å². The van der Waals surface area contributed by atoms with Crippen molar-refractivity contribution < 1.29 is 14.3 Å². The lowest BCUT2D eigenvalue weighted by Crippen LogP contribution is -2.52. The Labute approximate surface area is 141 Å². The van der Waals surface area contributed by atoms with Gasteiger partial charge in [-0.2, -0.15) is 0 Å². The van der Waals surface area contributed by atoms with E-state index < -0.39 is 6.10 Å². The molecule has 4 rings (SSSR count). The summed E-state index contributed by atoms with van der Waals surface area (Å²) in [4.78, 5) is 26.3. The van der Waals surface area contributed by atoms with E-state index in [-0.39, 0.29) is 11.9 Å². The number of likely N-dealkylation sites (tertiary alicyclic amines) is 1. The van der Waals surface area contributed by atoms with Crippen molar-refractivity contribution in [2.45, 2.75) is 44.6 Å². The standard InChI is InChI=1S/C18H23N3O3/c22-16(15-11-13-5-1-2-6-14(13)24-15)19-20-17(23)21-10-9-18(12-21)7-3-4-8-18/h1-2,5-6,15H,3-4,7-12H2,(H,19,22)(H,20,23)/t15-/m1/s1. The van der Waals surface area contributed by atoms with E-state index in [2.05, 4.69) is 10.9 Å². The van der Waals surface area contributed by atoms with Gasteiger partial charge in [-0.25, -0.2) is 10.2 Å². The Hall–Kier alpha value is -2.24. The van der Waals surface area contributed by atoms with Gasteiger partial charge in [-0.1, -0.05) is 31.0 Å². The van der Waals surface area contributed by atoms with Gasteiger partial charge in [0.15, 0.2) is 6.10 Å². The fourth-order valence-electron chi connectivity index (χ4n) is 4.24. The molecule has 0 bridgehead atoms. The minimum atomic E-state index is -0.581. The zero-order chi connectivity index (χ0) is 16.6. The molecule has 1 aliphatic carbocycles. The summed E-state index contributed by atoms with van der Waals surface area (Å²) in [5.41, 5.74) is 6.40. The molecule has 24 heavy (non-hydrogen) atoms. The molecular weight excluding hydrogens is 306 g/mol. The molecule has 3 amide bonds. The number of hydrazine groups is 1. The quantitative estimate of drug-likeness (QED) is 0.774. The van der Waals surface area contributed by atoms with Gasteiger partial charge in [0.25, 0.3) is 5.91 Å². The molecule has 0 radical (unpaired) electrons. The molecule has 0 unspecified atom stereocenters. The monoisotopic (exact) mass is 329 g/mol. The van der Waals surface area contributed by atoms with Gasteiger partial charge >= 0.3 is 6.03 Å². The van der Waals surface area contributed by atoms with Crippen molar-refractivity contribution in [1.29, 1.82) is 0 Å². The maximum absolute atomic E-state index is 12.3. The van der Waals surface area contributed by atoms with Crippen molar-refractivity contribution >= 4 is 11.9 Å². The number of carbonyl (C=O) groups excluding carboxylic acids is 2. The van der Waals surface area contributed by atoms with E-state index in [9.17, 15) is 9.59 Å². The first-order valence-electron chi connectivity index (χ1n) is 8.75. The van der Waals surface area contributed by atoms with Crippen LogP contribution >= 0.6 is 0 Å². The normalized spacial score (nSPS) is 23.8. The predicted molar refractivity (Wildman–Crippen MR) is 88.3 cm³/mol. The van der Waals surface area contributed by atoms with E-state index in [0.717, 1.165) is 30.8 Å². The van der Waals surface area contributed by atoms with E-state index in [0.29, 0.717) is 11.8 Å². The molecule has 128 valence electrons. The summed E-state index contributed by atoms with van der Waals surface area (Å²) in [6, 6.07) is 7.39. The highest BCUT2D eigenvalue weighted by atomic mass is 16.5. The summed E-state index contributed by atoms with van der Waals surface area (Å²) in [6.07, 6.45) is 6.01. The summed E-state index contributed by atoms with van der Waals surface area (Å²) in [5, 5.41) is 0. The maximum atomic E-state index is 12.3. The third-order valence-electron chi connectivity index (χ3n) is 5.62. The number of ether oxygens (including phenoxy) is 1. The molecule has 1 spiro atoms. The second kappa shape index (κ2) is 6.00. The van der Waals surface area contributed by atoms with Crippen LogP contribution in [0.25, 0.3) is 0 Å².